The summed E-state index contributed by atoms with van der Waals surface area (Å²) in [7, 11) is 0. The maximum absolute atomic E-state index is 12.8. The van der Waals surface area contributed by atoms with Gasteiger partial charge < -0.3 is 10.6 Å². The lowest BCUT2D eigenvalue weighted by molar-refractivity contribution is -0.133. The Labute approximate surface area is 174 Å². The number of carbonyl (C=O) groups excluding carboxylic acids is 1. The van der Waals surface area contributed by atoms with E-state index < -0.39 is 0 Å². The van der Waals surface area contributed by atoms with Gasteiger partial charge in [-0.3, -0.25) is 4.79 Å². The Balaban J connectivity index is 0.00000280. The summed E-state index contributed by atoms with van der Waals surface area (Å²) >= 11 is 5.90. The molecule has 0 fully saturated rings. The lowest BCUT2D eigenvalue weighted by atomic mass is 10.2. The van der Waals surface area contributed by atoms with Crippen LogP contribution in [0.4, 0.5) is 0 Å². The zero-order valence-electron chi connectivity index (χ0n) is 15.2. The number of amides is 1. The molecule has 0 aliphatic rings. The first-order valence-electron chi connectivity index (χ1n) is 8.71. The molecule has 1 heterocycles. The van der Waals surface area contributed by atoms with Crippen LogP contribution >= 0.6 is 24.0 Å². The van der Waals surface area contributed by atoms with Gasteiger partial charge in [0.15, 0.2) is 0 Å². The minimum Gasteiger partial charge on any atom is -0.337 e. The Morgan fingerprint density at radius 1 is 1.11 bits per heavy atom. The van der Waals surface area contributed by atoms with E-state index in [0.29, 0.717) is 30.5 Å². The van der Waals surface area contributed by atoms with Gasteiger partial charge in [-0.1, -0.05) is 41.9 Å². The van der Waals surface area contributed by atoms with E-state index in [1.807, 2.05) is 42.5 Å². The van der Waals surface area contributed by atoms with Crippen LogP contribution in [-0.2, 0) is 17.9 Å². The highest BCUT2D eigenvalue weighted by Crippen LogP contribution is 2.17. The summed E-state index contributed by atoms with van der Waals surface area (Å²) in [5.41, 5.74) is 7.47. The molecule has 0 radical (unpaired) electrons. The van der Waals surface area contributed by atoms with Gasteiger partial charge in [-0.05, 0) is 48.0 Å². The molecule has 0 atom stereocenters. The average molecular weight is 421 g/mol. The third-order valence-electron chi connectivity index (χ3n) is 4.03. The molecule has 7 nitrogen and oxygen atoms in total. The van der Waals surface area contributed by atoms with Gasteiger partial charge in [-0.25, -0.2) is 0 Å². The molecule has 1 amide bonds. The van der Waals surface area contributed by atoms with Crippen LogP contribution in [0.1, 0.15) is 12.0 Å². The van der Waals surface area contributed by atoms with E-state index in [1.165, 1.54) is 4.80 Å². The molecule has 0 bridgehead atoms. The highest BCUT2D eigenvalue weighted by Gasteiger charge is 2.16. The summed E-state index contributed by atoms with van der Waals surface area (Å²) in [6.07, 6.45) is 0.736. The maximum Gasteiger partial charge on any atom is 0.246 e. The molecule has 0 aliphatic carbocycles. The maximum atomic E-state index is 12.8. The minimum absolute atomic E-state index is 0. The quantitative estimate of drug-likeness (QED) is 0.604. The number of aromatic nitrogens is 4. The van der Waals surface area contributed by atoms with Crippen molar-refractivity contribution >= 4 is 29.9 Å². The highest BCUT2D eigenvalue weighted by atomic mass is 35.5. The monoisotopic (exact) mass is 420 g/mol. The third kappa shape index (κ3) is 6.02. The van der Waals surface area contributed by atoms with Gasteiger partial charge in [0.25, 0.3) is 0 Å². The van der Waals surface area contributed by atoms with Gasteiger partial charge in [0.2, 0.25) is 11.7 Å². The van der Waals surface area contributed by atoms with Crippen LogP contribution in [0.25, 0.3) is 11.4 Å². The zero-order chi connectivity index (χ0) is 19.1. The van der Waals surface area contributed by atoms with Crippen LogP contribution in [0.3, 0.4) is 0 Å². The number of carbonyl (C=O) groups is 1. The van der Waals surface area contributed by atoms with E-state index in [-0.39, 0.29) is 24.9 Å². The minimum atomic E-state index is -0.0765. The first-order chi connectivity index (χ1) is 13.2. The van der Waals surface area contributed by atoms with Gasteiger partial charge >= 0.3 is 0 Å². The van der Waals surface area contributed by atoms with Crippen LogP contribution < -0.4 is 5.73 Å². The highest BCUT2D eigenvalue weighted by molar-refractivity contribution is 6.30. The SMILES string of the molecule is Cl.NCCCN(Cc1ccccc1)C(=O)Cn1nnc(-c2ccc(Cl)cc2)n1. The number of hydrogen-bond acceptors (Lipinski definition) is 5. The van der Waals surface area contributed by atoms with Crippen molar-refractivity contribution in [2.45, 2.75) is 19.5 Å². The number of hydrogen-bond donors (Lipinski definition) is 1. The van der Waals surface area contributed by atoms with E-state index in [4.69, 9.17) is 17.3 Å². The Morgan fingerprint density at radius 3 is 2.50 bits per heavy atom. The molecule has 28 heavy (non-hydrogen) atoms. The Morgan fingerprint density at radius 2 is 1.82 bits per heavy atom. The van der Waals surface area contributed by atoms with Crippen LogP contribution in [0.5, 0.6) is 0 Å². The van der Waals surface area contributed by atoms with E-state index in [0.717, 1.165) is 17.5 Å². The van der Waals surface area contributed by atoms with E-state index in [9.17, 15) is 4.79 Å². The van der Waals surface area contributed by atoms with Crippen LogP contribution in [0.15, 0.2) is 54.6 Å². The summed E-state index contributed by atoms with van der Waals surface area (Å²) in [5, 5.41) is 13.0. The standard InChI is InChI=1S/C19H21ClN6O.ClH/c20-17-9-7-16(8-10-17)19-22-24-26(23-19)14-18(27)25(12-4-11-21)13-15-5-2-1-3-6-15;/h1-3,5-10H,4,11-14,21H2;1H. The van der Waals surface area contributed by atoms with Crippen LogP contribution in [-0.4, -0.2) is 44.1 Å². The number of nitrogens with zero attached hydrogens (tertiary/aromatic N) is 5. The van der Waals surface area contributed by atoms with Gasteiger partial charge in [-0.15, -0.1) is 22.6 Å². The molecule has 0 saturated heterocycles. The predicted molar refractivity (Wildman–Crippen MR) is 111 cm³/mol. The van der Waals surface area contributed by atoms with E-state index in [1.54, 1.807) is 17.0 Å². The van der Waals surface area contributed by atoms with Gasteiger partial charge in [0, 0.05) is 23.7 Å². The van der Waals surface area contributed by atoms with Crippen LogP contribution in [0.2, 0.25) is 5.02 Å². The Kier molecular flexibility index (Phi) is 8.38. The van der Waals surface area contributed by atoms with Crippen molar-refractivity contribution in [3.05, 3.63) is 65.2 Å². The number of tetrazole rings is 1. The zero-order valence-corrected chi connectivity index (χ0v) is 16.8. The first kappa shape index (κ1) is 21.8. The lowest BCUT2D eigenvalue weighted by Gasteiger charge is -2.22. The number of nitrogens with two attached hydrogens (primary N) is 1. The molecule has 0 saturated carbocycles. The van der Waals surface area contributed by atoms with E-state index >= 15 is 0 Å². The smallest absolute Gasteiger partial charge is 0.246 e. The molecule has 1 aromatic heterocycles. The molecular formula is C19H22Cl2N6O. The van der Waals surface area contributed by atoms with Crippen molar-refractivity contribution < 1.29 is 4.79 Å². The summed E-state index contributed by atoms with van der Waals surface area (Å²) in [6.45, 7) is 1.67. The summed E-state index contributed by atoms with van der Waals surface area (Å²) < 4.78 is 0. The fraction of sp³-hybridized carbons (Fsp3) is 0.263. The molecule has 0 spiro atoms. The molecule has 9 heteroatoms. The normalized spacial score (nSPS) is 10.4. The van der Waals surface area contributed by atoms with Crippen molar-refractivity contribution in [2.24, 2.45) is 5.73 Å². The molecule has 0 aliphatic heterocycles. The number of halogens is 2. The topological polar surface area (TPSA) is 89.9 Å². The number of benzene rings is 2. The predicted octanol–water partition coefficient (Wildman–Crippen LogP) is 2.79. The summed E-state index contributed by atoms with van der Waals surface area (Å²) in [4.78, 5) is 15.8. The van der Waals surface area contributed by atoms with Crippen LogP contribution in [0, 0.1) is 0 Å². The molecule has 2 aromatic carbocycles. The third-order valence-corrected chi connectivity index (χ3v) is 4.29. The largest absolute Gasteiger partial charge is 0.337 e. The molecule has 148 valence electrons. The second kappa shape index (κ2) is 10.8. The second-order valence-electron chi connectivity index (χ2n) is 6.09. The molecule has 3 aromatic rings. The van der Waals surface area contributed by atoms with E-state index in [2.05, 4.69) is 15.4 Å². The molecule has 2 N–H and O–H groups in total. The van der Waals surface area contributed by atoms with Gasteiger partial charge in [0.1, 0.15) is 6.54 Å². The van der Waals surface area contributed by atoms with Gasteiger partial charge in [-0.2, -0.15) is 4.80 Å². The first-order valence-corrected chi connectivity index (χ1v) is 9.09. The molecular weight excluding hydrogens is 399 g/mol. The fourth-order valence-electron chi connectivity index (χ4n) is 2.62. The molecule has 0 unspecified atom stereocenters. The van der Waals surface area contributed by atoms with Crippen molar-refractivity contribution in [1.82, 2.24) is 25.1 Å². The van der Waals surface area contributed by atoms with Crippen molar-refractivity contribution in [1.29, 1.82) is 0 Å². The van der Waals surface area contributed by atoms with Crippen molar-refractivity contribution in [3.63, 3.8) is 0 Å². The average Bonchev–Trinajstić information content (AvgIpc) is 3.15. The fourth-order valence-corrected chi connectivity index (χ4v) is 2.75. The molecule has 3 rings (SSSR count). The van der Waals surface area contributed by atoms with Crippen molar-refractivity contribution in [3.8, 4) is 11.4 Å². The Hall–Kier alpha value is -2.48. The number of rotatable bonds is 8. The summed E-state index contributed by atoms with van der Waals surface area (Å²) in [6, 6.07) is 17.0. The van der Waals surface area contributed by atoms with Crippen molar-refractivity contribution in [2.75, 3.05) is 13.1 Å². The van der Waals surface area contributed by atoms with Gasteiger partial charge in [0.05, 0.1) is 0 Å². The summed E-state index contributed by atoms with van der Waals surface area (Å²) in [5.74, 6) is 0.378. The lowest BCUT2D eigenvalue weighted by Crippen LogP contribution is -2.35. The Bertz CT molecular complexity index is 870. The second-order valence-corrected chi connectivity index (χ2v) is 6.53.